The van der Waals surface area contributed by atoms with Crippen molar-refractivity contribution in [2.45, 2.75) is 6.92 Å². The first-order chi connectivity index (χ1) is 9.49. The molecule has 0 radical (unpaired) electrons. The monoisotopic (exact) mass is 338 g/mol. The molecule has 0 amide bonds. The molecule has 0 fully saturated rings. The molecule has 20 heavy (non-hydrogen) atoms. The lowest BCUT2D eigenvalue weighted by Crippen LogP contribution is -1.99. The third-order valence-electron chi connectivity index (χ3n) is 2.41. The van der Waals surface area contributed by atoms with Crippen molar-refractivity contribution in [2.24, 2.45) is 0 Å². The molecule has 2 rings (SSSR count). The lowest BCUT2D eigenvalue weighted by Gasteiger charge is -2.08. The van der Waals surface area contributed by atoms with Crippen LogP contribution >= 0.6 is 15.9 Å². The van der Waals surface area contributed by atoms with E-state index in [1.54, 1.807) is 26.1 Å². The highest BCUT2D eigenvalue weighted by molar-refractivity contribution is 9.10. The molecule has 0 atom stereocenters. The molecule has 0 bridgehead atoms. The van der Waals surface area contributed by atoms with Crippen LogP contribution in [0.15, 0.2) is 28.7 Å². The molecular formula is C12H11BrN4O3. The molecule has 0 aliphatic heterocycles. The topological polar surface area (TPSA) is 90.2 Å². The van der Waals surface area contributed by atoms with Gasteiger partial charge in [0.05, 0.1) is 15.5 Å². The number of aryl methyl sites for hydroxylation is 1. The fourth-order valence-corrected chi connectivity index (χ4v) is 1.84. The number of halogens is 1. The molecule has 0 saturated heterocycles. The summed E-state index contributed by atoms with van der Waals surface area (Å²) in [5.74, 6) is 1.77. The van der Waals surface area contributed by atoms with Crippen molar-refractivity contribution in [1.29, 1.82) is 0 Å². The number of aromatic nitrogens is 2. The number of anilines is 1. The fraction of sp³-hybridized carbons (Fsp3) is 0.167. The number of nitro groups is 1. The number of non-ortho nitro benzene ring substituents is 1. The molecular weight excluding hydrogens is 328 g/mol. The van der Waals surface area contributed by atoms with E-state index < -0.39 is 4.92 Å². The minimum atomic E-state index is -0.483. The van der Waals surface area contributed by atoms with Crippen LogP contribution in [-0.2, 0) is 0 Å². The largest absolute Gasteiger partial charge is 0.437 e. The first kappa shape index (κ1) is 14.2. The Morgan fingerprint density at radius 1 is 1.35 bits per heavy atom. The standard InChI is InChI=1S/C12H11BrN4O3/c1-7-15-11(14-2)6-12(16-7)20-10-5-8(17(18)19)3-4-9(10)13/h3-6H,1-2H3,(H,14,15,16). The van der Waals surface area contributed by atoms with Gasteiger partial charge < -0.3 is 10.1 Å². The number of nitro benzene ring substituents is 1. The number of hydrogen-bond donors (Lipinski definition) is 1. The zero-order chi connectivity index (χ0) is 14.7. The lowest BCUT2D eigenvalue weighted by atomic mass is 10.3. The van der Waals surface area contributed by atoms with Crippen LogP contribution < -0.4 is 10.1 Å². The summed E-state index contributed by atoms with van der Waals surface area (Å²) < 4.78 is 6.18. The molecule has 0 unspecified atom stereocenters. The lowest BCUT2D eigenvalue weighted by molar-refractivity contribution is -0.384. The zero-order valence-electron chi connectivity index (χ0n) is 10.8. The third kappa shape index (κ3) is 3.21. The Labute approximate surface area is 123 Å². The van der Waals surface area contributed by atoms with Gasteiger partial charge in [-0.15, -0.1) is 0 Å². The summed E-state index contributed by atoms with van der Waals surface area (Å²) in [7, 11) is 1.73. The minimum Gasteiger partial charge on any atom is -0.437 e. The summed E-state index contributed by atoms with van der Waals surface area (Å²) in [6.07, 6.45) is 0. The quantitative estimate of drug-likeness (QED) is 0.679. The van der Waals surface area contributed by atoms with Crippen molar-refractivity contribution < 1.29 is 9.66 Å². The second-order valence-electron chi connectivity index (χ2n) is 3.86. The molecule has 2 aromatic rings. The molecule has 1 N–H and O–H groups in total. The molecule has 1 aromatic heterocycles. The van der Waals surface area contributed by atoms with Crippen LogP contribution in [0.25, 0.3) is 0 Å². The van der Waals surface area contributed by atoms with Gasteiger partial charge in [-0.2, -0.15) is 4.98 Å². The summed E-state index contributed by atoms with van der Waals surface area (Å²) in [4.78, 5) is 18.6. The average Bonchev–Trinajstić information content (AvgIpc) is 2.40. The molecule has 0 aliphatic carbocycles. The average molecular weight is 339 g/mol. The van der Waals surface area contributed by atoms with Gasteiger partial charge in [-0.25, -0.2) is 4.98 Å². The molecule has 8 heteroatoms. The highest BCUT2D eigenvalue weighted by Gasteiger charge is 2.12. The summed E-state index contributed by atoms with van der Waals surface area (Å²) in [5.41, 5.74) is -0.0529. The van der Waals surface area contributed by atoms with Gasteiger partial charge >= 0.3 is 0 Å². The number of hydrogen-bond acceptors (Lipinski definition) is 6. The van der Waals surface area contributed by atoms with E-state index in [1.165, 1.54) is 12.1 Å². The van der Waals surface area contributed by atoms with Crippen LogP contribution in [0.4, 0.5) is 11.5 Å². The maximum atomic E-state index is 10.8. The van der Waals surface area contributed by atoms with Crippen LogP contribution in [0.3, 0.4) is 0 Å². The summed E-state index contributed by atoms with van der Waals surface area (Å²) in [5, 5.41) is 13.7. The first-order valence-electron chi connectivity index (χ1n) is 5.65. The summed E-state index contributed by atoms with van der Waals surface area (Å²) in [6.45, 7) is 1.73. The van der Waals surface area contributed by atoms with Crippen molar-refractivity contribution in [3.63, 3.8) is 0 Å². The van der Waals surface area contributed by atoms with E-state index in [1.807, 2.05) is 0 Å². The Kier molecular flexibility index (Phi) is 4.14. The predicted octanol–water partition coefficient (Wildman–Crippen LogP) is 3.29. The van der Waals surface area contributed by atoms with Crippen LogP contribution in [0.1, 0.15) is 5.82 Å². The molecule has 7 nitrogen and oxygen atoms in total. The van der Waals surface area contributed by atoms with Gasteiger partial charge in [-0.05, 0) is 28.9 Å². The van der Waals surface area contributed by atoms with Gasteiger partial charge in [0.1, 0.15) is 11.6 Å². The van der Waals surface area contributed by atoms with E-state index in [2.05, 4.69) is 31.2 Å². The fourth-order valence-electron chi connectivity index (χ4n) is 1.52. The van der Waals surface area contributed by atoms with Gasteiger partial charge in [0.25, 0.3) is 5.69 Å². The Morgan fingerprint density at radius 2 is 2.10 bits per heavy atom. The highest BCUT2D eigenvalue weighted by atomic mass is 79.9. The number of nitrogens with zero attached hydrogens (tertiary/aromatic N) is 3. The number of rotatable bonds is 4. The molecule has 1 heterocycles. The SMILES string of the molecule is CNc1cc(Oc2cc([N+](=O)[O-])ccc2Br)nc(C)n1. The van der Waals surface area contributed by atoms with E-state index in [0.717, 1.165) is 0 Å². The van der Waals surface area contributed by atoms with Gasteiger partial charge in [0.15, 0.2) is 5.75 Å². The van der Waals surface area contributed by atoms with E-state index in [-0.39, 0.29) is 5.69 Å². The molecule has 104 valence electrons. The Morgan fingerprint density at radius 3 is 2.75 bits per heavy atom. The van der Waals surface area contributed by atoms with Gasteiger partial charge in [0.2, 0.25) is 5.88 Å². The predicted molar refractivity (Wildman–Crippen MR) is 77.2 cm³/mol. The van der Waals surface area contributed by atoms with Crippen LogP contribution in [0, 0.1) is 17.0 Å². The number of ether oxygens (including phenoxy) is 1. The third-order valence-corrected chi connectivity index (χ3v) is 3.07. The van der Waals surface area contributed by atoms with E-state index >= 15 is 0 Å². The summed E-state index contributed by atoms with van der Waals surface area (Å²) in [6, 6.07) is 5.89. The maximum Gasteiger partial charge on any atom is 0.273 e. The molecule has 0 saturated carbocycles. The van der Waals surface area contributed by atoms with Crippen molar-refractivity contribution >= 4 is 27.4 Å². The minimum absolute atomic E-state index is 0.0529. The van der Waals surface area contributed by atoms with E-state index in [0.29, 0.717) is 27.7 Å². The smallest absolute Gasteiger partial charge is 0.273 e. The van der Waals surface area contributed by atoms with E-state index in [4.69, 9.17) is 4.74 Å². The molecule has 1 aromatic carbocycles. The zero-order valence-corrected chi connectivity index (χ0v) is 12.3. The maximum absolute atomic E-state index is 10.8. The van der Waals surface area contributed by atoms with Crippen molar-refractivity contribution in [2.75, 3.05) is 12.4 Å². The molecule has 0 spiro atoms. The summed E-state index contributed by atoms with van der Waals surface area (Å²) >= 11 is 3.28. The number of nitrogens with one attached hydrogen (secondary N) is 1. The highest BCUT2D eigenvalue weighted by Crippen LogP contribution is 2.32. The van der Waals surface area contributed by atoms with Crippen LogP contribution in [0.5, 0.6) is 11.6 Å². The van der Waals surface area contributed by atoms with Gasteiger partial charge in [-0.1, -0.05) is 0 Å². The normalized spacial score (nSPS) is 10.2. The van der Waals surface area contributed by atoms with Crippen LogP contribution in [-0.4, -0.2) is 21.9 Å². The van der Waals surface area contributed by atoms with Crippen molar-refractivity contribution in [3.8, 4) is 11.6 Å². The van der Waals surface area contributed by atoms with Crippen molar-refractivity contribution in [3.05, 3.63) is 44.7 Å². The van der Waals surface area contributed by atoms with Gasteiger partial charge in [-0.3, -0.25) is 10.1 Å². The van der Waals surface area contributed by atoms with Gasteiger partial charge in [0, 0.05) is 19.2 Å². The van der Waals surface area contributed by atoms with E-state index in [9.17, 15) is 10.1 Å². The first-order valence-corrected chi connectivity index (χ1v) is 6.44. The Hall–Kier alpha value is -2.22. The van der Waals surface area contributed by atoms with Crippen molar-refractivity contribution in [1.82, 2.24) is 9.97 Å². The second-order valence-corrected chi connectivity index (χ2v) is 4.72. The Balaban J connectivity index is 2.36. The Bertz CT molecular complexity index is 663. The second kappa shape index (κ2) is 5.83. The van der Waals surface area contributed by atoms with Crippen LogP contribution in [0.2, 0.25) is 0 Å². The molecule has 0 aliphatic rings. The number of benzene rings is 1.